The molecule has 0 saturated carbocycles. The zero-order valence-electron chi connectivity index (χ0n) is 12.0. The fraction of sp³-hybridized carbons (Fsp3) is 0.312. The van der Waals surface area contributed by atoms with Gasteiger partial charge in [0.15, 0.2) is 0 Å². The Morgan fingerprint density at radius 1 is 1.25 bits per heavy atom. The number of pyridine rings is 1. The van der Waals surface area contributed by atoms with E-state index >= 15 is 0 Å². The van der Waals surface area contributed by atoms with Gasteiger partial charge in [-0.05, 0) is 45.0 Å². The third-order valence-corrected chi connectivity index (χ3v) is 3.20. The first-order chi connectivity index (χ1) is 9.44. The van der Waals surface area contributed by atoms with Crippen LogP contribution in [0.3, 0.4) is 0 Å². The minimum atomic E-state index is 0.0658. The summed E-state index contributed by atoms with van der Waals surface area (Å²) in [5.41, 5.74) is 1.16. The lowest BCUT2D eigenvalue weighted by molar-refractivity contribution is 0.413. The van der Waals surface area contributed by atoms with Gasteiger partial charge in [0.25, 0.3) is 0 Å². The Kier molecular flexibility index (Phi) is 4.78. The number of nitrogens with one attached hydrogen (secondary N) is 1. The molecule has 0 atom stereocenters. The maximum Gasteiger partial charge on any atom is 0.150 e. The highest BCUT2D eigenvalue weighted by Crippen LogP contribution is 2.26. The van der Waals surface area contributed by atoms with E-state index in [0.29, 0.717) is 0 Å². The number of aromatic nitrogens is 1. The number of nitrogens with zero attached hydrogens (tertiary/aromatic N) is 1. The molecule has 0 bridgehead atoms. The van der Waals surface area contributed by atoms with Crippen molar-refractivity contribution in [1.82, 2.24) is 10.3 Å². The Morgan fingerprint density at radius 3 is 2.75 bits per heavy atom. The van der Waals surface area contributed by atoms with Gasteiger partial charge >= 0.3 is 0 Å². The molecule has 106 valence electrons. The van der Waals surface area contributed by atoms with E-state index in [0.717, 1.165) is 28.1 Å². The second kappa shape index (κ2) is 6.37. The zero-order chi connectivity index (χ0) is 14.6. The summed E-state index contributed by atoms with van der Waals surface area (Å²) < 4.78 is 6.92. The molecule has 4 heteroatoms. The minimum Gasteiger partial charge on any atom is -0.455 e. The van der Waals surface area contributed by atoms with Gasteiger partial charge in [-0.25, -0.2) is 0 Å². The first-order valence-corrected chi connectivity index (χ1v) is 7.35. The summed E-state index contributed by atoms with van der Waals surface area (Å²) in [6, 6.07) is 9.76. The predicted molar refractivity (Wildman–Crippen MR) is 85.0 cm³/mol. The van der Waals surface area contributed by atoms with Crippen LogP contribution in [0, 0.1) is 0 Å². The van der Waals surface area contributed by atoms with Crippen molar-refractivity contribution in [3.05, 3.63) is 52.8 Å². The standard InChI is InChI=1S/C16H19BrN2O/c1-16(2,3)19-10-12-7-8-18-11-15(12)20-14-6-4-5-13(17)9-14/h4-9,11,19H,10H2,1-3H3. The predicted octanol–water partition coefficient (Wildman–Crippen LogP) is 4.52. The normalized spacial score (nSPS) is 11.4. The number of benzene rings is 1. The van der Waals surface area contributed by atoms with E-state index in [1.807, 2.05) is 30.3 Å². The second-order valence-corrected chi connectivity index (χ2v) is 6.56. The van der Waals surface area contributed by atoms with Crippen LogP contribution in [0.1, 0.15) is 26.3 Å². The Balaban J connectivity index is 2.15. The van der Waals surface area contributed by atoms with Crippen molar-refractivity contribution < 1.29 is 4.74 Å². The highest BCUT2D eigenvalue weighted by atomic mass is 79.9. The average molecular weight is 335 g/mol. The van der Waals surface area contributed by atoms with E-state index in [-0.39, 0.29) is 5.54 Å². The number of rotatable bonds is 4. The lowest BCUT2D eigenvalue weighted by Crippen LogP contribution is -2.35. The molecule has 0 amide bonds. The highest BCUT2D eigenvalue weighted by Gasteiger charge is 2.11. The topological polar surface area (TPSA) is 34.2 Å². The molecule has 0 saturated heterocycles. The molecule has 1 aromatic heterocycles. The van der Waals surface area contributed by atoms with E-state index < -0.39 is 0 Å². The lowest BCUT2D eigenvalue weighted by atomic mass is 10.1. The molecule has 1 aromatic carbocycles. The lowest BCUT2D eigenvalue weighted by Gasteiger charge is -2.21. The van der Waals surface area contributed by atoms with Crippen molar-refractivity contribution in [2.75, 3.05) is 0 Å². The van der Waals surface area contributed by atoms with Crippen LogP contribution in [-0.2, 0) is 6.54 Å². The smallest absolute Gasteiger partial charge is 0.150 e. The van der Waals surface area contributed by atoms with E-state index in [4.69, 9.17) is 4.74 Å². The number of hydrogen-bond acceptors (Lipinski definition) is 3. The van der Waals surface area contributed by atoms with Crippen LogP contribution < -0.4 is 10.1 Å². The van der Waals surface area contributed by atoms with Gasteiger partial charge in [-0.15, -0.1) is 0 Å². The van der Waals surface area contributed by atoms with Crippen LogP contribution in [0.2, 0.25) is 0 Å². The maximum atomic E-state index is 5.92. The first-order valence-electron chi connectivity index (χ1n) is 6.55. The molecular formula is C16H19BrN2O. The highest BCUT2D eigenvalue weighted by molar-refractivity contribution is 9.10. The van der Waals surface area contributed by atoms with Gasteiger partial charge in [0.2, 0.25) is 0 Å². The van der Waals surface area contributed by atoms with Crippen LogP contribution in [0.4, 0.5) is 0 Å². The van der Waals surface area contributed by atoms with Gasteiger partial charge < -0.3 is 10.1 Å². The second-order valence-electron chi connectivity index (χ2n) is 5.65. The monoisotopic (exact) mass is 334 g/mol. The molecule has 2 rings (SSSR count). The Morgan fingerprint density at radius 2 is 2.05 bits per heavy atom. The van der Waals surface area contributed by atoms with E-state index in [1.165, 1.54) is 0 Å². The molecule has 0 fully saturated rings. The minimum absolute atomic E-state index is 0.0658. The average Bonchev–Trinajstić information content (AvgIpc) is 2.37. The van der Waals surface area contributed by atoms with Crippen LogP contribution in [0.5, 0.6) is 11.5 Å². The van der Waals surface area contributed by atoms with Gasteiger partial charge in [-0.2, -0.15) is 0 Å². The van der Waals surface area contributed by atoms with Gasteiger partial charge in [0.05, 0.1) is 6.20 Å². The van der Waals surface area contributed by atoms with E-state index in [2.05, 4.69) is 47.0 Å². The van der Waals surface area contributed by atoms with Crippen molar-refractivity contribution in [1.29, 1.82) is 0 Å². The Hall–Kier alpha value is -1.39. The summed E-state index contributed by atoms with van der Waals surface area (Å²) in [5, 5.41) is 3.46. The van der Waals surface area contributed by atoms with Gasteiger partial charge in [0.1, 0.15) is 11.5 Å². The summed E-state index contributed by atoms with van der Waals surface area (Å²) in [4.78, 5) is 4.14. The maximum absolute atomic E-state index is 5.92. The van der Waals surface area contributed by atoms with Crippen molar-refractivity contribution in [3.8, 4) is 11.5 Å². The molecule has 20 heavy (non-hydrogen) atoms. The zero-order valence-corrected chi connectivity index (χ0v) is 13.6. The summed E-state index contributed by atoms with van der Waals surface area (Å²) in [6.45, 7) is 7.17. The quantitative estimate of drug-likeness (QED) is 0.892. The van der Waals surface area contributed by atoms with Crippen molar-refractivity contribution in [2.24, 2.45) is 0 Å². The molecule has 1 heterocycles. The fourth-order valence-electron chi connectivity index (χ4n) is 1.66. The molecule has 0 radical (unpaired) electrons. The molecule has 0 unspecified atom stereocenters. The summed E-state index contributed by atoms with van der Waals surface area (Å²) in [7, 11) is 0. The van der Waals surface area contributed by atoms with Crippen molar-refractivity contribution in [2.45, 2.75) is 32.9 Å². The third kappa shape index (κ3) is 4.62. The molecule has 0 spiro atoms. The van der Waals surface area contributed by atoms with Gasteiger partial charge in [-0.3, -0.25) is 4.98 Å². The fourth-order valence-corrected chi connectivity index (χ4v) is 2.04. The van der Waals surface area contributed by atoms with Crippen LogP contribution in [0.25, 0.3) is 0 Å². The molecule has 2 aromatic rings. The SMILES string of the molecule is CC(C)(C)NCc1ccncc1Oc1cccc(Br)c1. The Labute approximate surface area is 128 Å². The van der Waals surface area contributed by atoms with Crippen LogP contribution in [0.15, 0.2) is 47.2 Å². The van der Waals surface area contributed by atoms with E-state index in [9.17, 15) is 0 Å². The van der Waals surface area contributed by atoms with Crippen molar-refractivity contribution >= 4 is 15.9 Å². The number of halogens is 1. The van der Waals surface area contributed by atoms with Gasteiger partial charge in [0, 0.05) is 28.3 Å². The summed E-state index contributed by atoms with van der Waals surface area (Å²) >= 11 is 3.44. The van der Waals surface area contributed by atoms with Gasteiger partial charge in [-0.1, -0.05) is 22.0 Å². The summed E-state index contributed by atoms with van der Waals surface area (Å²) in [6.07, 6.45) is 3.54. The number of hydrogen-bond donors (Lipinski definition) is 1. The summed E-state index contributed by atoms with van der Waals surface area (Å²) in [5.74, 6) is 1.58. The molecule has 0 aliphatic heterocycles. The first kappa shape index (κ1) is 15.0. The largest absolute Gasteiger partial charge is 0.455 e. The number of ether oxygens (including phenoxy) is 1. The van der Waals surface area contributed by atoms with Crippen LogP contribution in [-0.4, -0.2) is 10.5 Å². The molecule has 1 N–H and O–H groups in total. The van der Waals surface area contributed by atoms with Crippen LogP contribution >= 0.6 is 15.9 Å². The molecule has 3 nitrogen and oxygen atoms in total. The van der Waals surface area contributed by atoms with E-state index in [1.54, 1.807) is 12.4 Å². The molecule has 0 aliphatic carbocycles. The molecule has 0 aliphatic rings. The Bertz CT molecular complexity index is 579. The molecular weight excluding hydrogens is 316 g/mol. The van der Waals surface area contributed by atoms with Crippen molar-refractivity contribution in [3.63, 3.8) is 0 Å². The third-order valence-electron chi connectivity index (χ3n) is 2.70.